The van der Waals surface area contributed by atoms with Crippen LogP contribution in [0.4, 0.5) is 0 Å². The predicted octanol–water partition coefficient (Wildman–Crippen LogP) is 8.07. The van der Waals surface area contributed by atoms with Crippen LogP contribution in [0.15, 0.2) is 0 Å². The third-order valence-electron chi connectivity index (χ3n) is 10.3. The highest BCUT2D eigenvalue weighted by Gasteiger charge is 2.70. The maximum atomic E-state index is 13.5. The van der Waals surface area contributed by atoms with Crippen molar-refractivity contribution in [2.45, 2.75) is 136 Å². The predicted molar refractivity (Wildman–Crippen MR) is 128 cm³/mol. The van der Waals surface area contributed by atoms with Crippen molar-refractivity contribution in [3.05, 3.63) is 0 Å². The first kappa shape index (κ1) is 23.5. The molecule has 0 aromatic carbocycles. The fraction of sp³-hybridized carbons (Fsp3) is 0.931. The summed E-state index contributed by atoms with van der Waals surface area (Å²) in [6.45, 7) is 4.58. The van der Waals surface area contributed by atoms with Gasteiger partial charge in [0.1, 0.15) is 0 Å². The third-order valence-corrected chi connectivity index (χ3v) is 10.3. The molecular formula is C29H48O2. The van der Waals surface area contributed by atoms with E-state index in [1.54, 1.807) is 0 Å². The number of hydrogen-bond acceptors (Lipinski definition) is 2. The van der Waals surface area contributed by atoms with Crippen molar-refractivity contribution in [3.63, 3.8) is 0 Å². The molecule has 4 fully saturated rings. The van der Waals surface area contributed by atoms with Gasteiger partial charge in [0, 0.05) is 0 Å². The molecule has 31 heavy (non-hydrogen) atoms. The third kappa shape index (κ3) is 4.43. The fourth-order valence-corrected chi connectivity index (χ4v) is 8.25. The zero-order chi connectivity index (χ0) is 21.9. The van der Waals surface area contributed by atoms with Gasteiger partial charge in [-0.1, -0.05) is 71.6 Å². The van der Waals surface area contributed by atoms with Crippen molar-refractivity contribution < 1.29 is 9.59 Å². The Kier molecular flexibility index (Phi) is 7.64. The summed E-state index contributed by atoms with van der Waals surface area (Å²) in [5, 5.41) is 0. The van der Waals surface area contributed by atoms with E-state index in [2.05, 4.69) is 13.8 Å². The number of Topliss-reactive ketones (excluding diaryl/α,β-unsaturated/α-hetero) is 2. The number of carbonyl (C=O) groups excluding carboxylic acids is 2. The first-order chi connectivity index (χ1) is 15.1. The van der Waals surface area contributed by atoms with Gasteiger partial charge in [-0.3, -0.25) is 9.59 Å². The summed E-state index contributed by atoms with van der Waals surface area (Å²) < 4.78 is 0. The van der Waals surface area contributed by atoms with E-state index < -0.39 is 10.8 Å². The lowest BCUT2D eigenvalue weighted by Crippen LogP contribution is -2.68. The molecule has 0 radical (unpaired) electrons. The minimum absolute atomic E-state index is 0.388. The van der Waals surface area contributed by atoms with Crippen molar-refractivity contribution >= 4 is 11.6 Å². The second-order valence-corrected chi connectivity index (χ2v) is 12.0. The lowest BCUT2D eigenvalue weighted by molar-refractivity contribution is -0.179. The van der Waals surface area contributed by atoms with Gasteiger partial charge in [-0.15, -0.1) is 0 Å². The standard InChI is InChI=1S/C29H48O2/c1-3-5-6-7-9-23-14-18-28(19-15-23)26(30)29(27(28)31)20-16-25(17-21-29)24-12-10-22(8-4-2)11-13-24/h22-25H,3-21H2,1-2H3. The van der Waals surface area contributed by atoms with E-state index in [1.165, 1.54) is 70.6 Å². The summed E-state index contributed by atoms with van der Waals surface area (Å²) in [5.41, 5.74) is -1.07. The summed E-state index contributed by atoms with van der Waals surface area (Å²) in [7, 11) is 0. The minimum atomic E-state index is -0.538. The van der Waals surface area contributed by atoms with Crippen LogP contribution in [0.3, 0.4) is 0 Å². The Morgan fingerprint density at radius 2 is 1.10 bits per heavy atom. The monoisotopic (exact) mass is 428 g/mol. The van der Waals surface area contributed by atoms with Gasteiger partial charge in [-0.2, -0.15) is 0 Å². The molecule has 0 saturated heterocycles. The Labute approximate surface area is 191 Å². The molecule has 0 heterocycles. The van der Waals surface area contributed by atoms with E-state index in [9.17, 15) is 9.59 Å². The van der Waals surface area contributed by atoms with Crippen molar-refractivity contribution in [2.24, 2.45) is 34.5 Å². The number of rotatable bonds is 8. The van der Waals surface area contributed by atoms with Crippen LogP contribution in [0.1, 0.15) is 136 Å². The van der Waals surface area contributed by atoms with Gasteiger partial charge in [-0.05, 0) is 87.9 Å². The Balaban J connectivity index is 1.24. The van der Waals surface area contributed by atoms with Gasteiger partial charge in [0.25, 0.3) is 0 Å². The minimum Gasteiger partial charge on any atom is -0.297 e. The zero-order valence-electron chi connectivity index (χ0n) is 20.6. The van der Waals surface area contributed by atoms with E-state index >= 15 is 0 Å². The molecule has 0 aromatic heterocycles. The number of hydrogen-bond donors (Lipinski definition) is 0. The Hall–Kier alpha value is -0.660. The lowest BCUT2D eigenvalue weighted by atomic mass is 9.42. The summed E-state index contributed by atoms with van der Waals surface area (Å²) in [4.78, 5) is 27.0. The topological polar surface area (TPSA) is 34.1 Å². The Morgan fingerprint density at radius 1 is 0.581 bits per heavy atom. The molecule has 0 bridgehead atoms. The molecule has 0 aromatic rings. The van der Waals surface area contributed by atoms with Gasteiger partial charge < -0.3 is 0 Å². The average molecular weight is 429 g/mol. The SMILES string of the molecule is CCCCCCC1CCC2(CC1)C(=O)C1(CCC(C3CCC(CCC)CC3)CC1)C2=O. The summed E-state index contributed by atoms with van der Waals surface area (Å²) in [6, 6.07) is 0. The molecule has 0 amide bonds. The molecule has 2 spiro atoms. The van der Waals surface area contributed by atoms with Crippen molar-refractivity contribution in [1.29, 1.82) is 0 Å². The van der Waals surface area contributed by atoms with Crippen LogP contribution < -0.4 is 0 Å². The van der Waals surface area contributed by atoms with Crippen LogP contribution >= 0.6 is 0 Å². The van der Waals surface area contributed by atoms with Gasteiger partial charge in [0.2, 0.25) is 0 Å². The van der Waals surface area contributed by atoms with Crippen molar-refractivity contribution in [3.8, 4) is 0 Å². The Morgan fingerprint density at radius 3 is 1.65 bits per heavy atom. The van der Waals surface area contributed by atoms with Gasteiger partial charge in [0.15, 0.2) is 11.6 Å². The molecule has 0 aliphatic heterocycles. The van der Waals surface area contributed by atoms with Gasteiger partial charge >= 0.3 is 0 Å². The average Bonchev–Trinajstić information content (AvgIpc) is 2.82. The van der Waals surface area contributed by atoms with Crippen LogP contribution in [0, 0.1) is 34.5 Å². The second-order valence-electron chi connectivity index (χ2n) is 12.0. The summed E-state index contributed by atoms with van der Waals surface area (Å²) >= 11 is 0. The molecular weight excluding hydrogens is 380 g/mol. The van der Waals surface area contributed by atoms with E-state index in [0.29, 0.717) is 11.6 Å². The van der Waals surface area contributed by atoms with Crippen molar-refractivity contribution in [1.82, 2.24) is 0 Å². The number of unbranched alkanes of at least 4 members (excludes halogenated alkanes) is 3. The highest BCUT2D eigenvalue weighted by atomic mass is 16.2. The smallest absolute Gasteiger partial charge is 0.159 e. The molecule has 2 heteroatoms. The first-order valence-electron chi connectivity index (χ1n) is 14.2. The first-order valence-corrected chi connectivity index (χ1v) is 14.2. The maximum absolute atomic E-state index is 13.5. The van der Waals surface area contributed by atoms with Crippen LogP contribution in [0.5, 0.6) is 0 Å². The molecule has 4 aliphatic rings. The van der Waals surface area contributed by atoms with E-state index in [4.69, 9.17) is 0 Å². The van der Waals surface area contributed by atoms with Gasteiger partial charge in [-0.25, -0.2) is 0 Å². The summed E-state index contributed by atoms with van der Waals surface area (Å²) in [6.07, 6.45) is 23.0. The molecule has 0 unspecified atom stereocenters. The fourth-order valence-electron chi connectivity index (χ4n) is 8.25. The zero-order valence-corrected chi connectivity index (χ0v) is 20.6. The van der Waals surface area contributed by atoms with E-state index in [1.807, 2.05) is 0 Å². The second kappa shape index (κ2) is 10.1. The van der Waals surface area contributed by atoms with Crippen LogP contribution in [0.25, 0.3) is 0 Å². The molecule has 4 rings (SSSR count). The number of carbonyl (C=O) groups is 2. The quantitative estimate of drug-likeness (QED) is 0.289. The molecule has 4 saturated carbocycles. The number of ketones is 2. The largest absolute Gasteiger partial charge is 0.297 e. The molecule has 176 valence electrons. The van der Waals surface area contributed by atoms with Crippen LogP contribution in [0.2, 0.25) is 0 Å². The van der Waals surface area contributed by atoms with Crippen LogP contribution in [-0.4, -0.2) is 11.6 Å². The molecule has 0 N–H and O–H groups in total. The normalized spacial score (nSPS) is 41.0. The highest BCUT2D eigenvalue weighted by Crippen LogP contribution is 2.62. The maximum Gasteiger partial charge on any atom is 0.159 e. The summed E-state index contributed by atoms with van der Waals surface area (Å²) in [5.74, 6) is 4.15. The molecule has 0 atom stereocenters. The molecule has 4 aliphatic carbocycles. The van der Waals surface area contributed by atoms with Gasteiger partial charge in [0.05, 0.1) is 10.8 Å². The van der Waals surface area contributed by atoms with E-state index in [0.717, 1.165) is 75.0 Å². The van der Waals surface area contributed by atoms with E-state index in [-0.39, 0.29) is 0 Å². The highest BCUT2D eigenvalue weighted by molar-refractivity contribution is 6.30. The van der Waals surface area contributed by atoms with Crippen molar-refractivity contribution in [2.75, 3.05) is 0 Å². The Bertz CT molecular complexity index is 591. The molecule has 2 nitrogen and oxygen atoms in total. The lowest BCUT2D eigenvalue weighted by Gasteiger charge is -2.57. The van der Waals surface area contributed by atoms with Crippen LogP contribution in [-0.2, 0) is 9.59 Å².